The first kappa shape index (κ1) is 21.2. The zero-order chi connectivity index (χ0) is 16.5. The van der Waals surface area contributed by atoms with Gasteiger partial charge in [-0.15, -0.1) is 24.0 Å². The molecule has 0 bridgehead atoms. The monoisotopic (exact) mass is 444 g/mol. The normalized spacial score (nSPS) is 18.8. The van der Waals surface area contributed by atoms with Crippen molar-refractivity contribution in [2.45, 2.75) is 39.7 Å². The fraction of sp³-hybridized carbons (Fsp3) is 0.632. The van der Waals surface area contributed by atoms with Crippen LogP contribution in [0.25, 0.3) is 0 Å². The highest BCUT2D eigenvalue weighted by Gasteiger charge is 2.15. The lowest BCUT2D eigenvalue weighted by molar-refractivity contribution is 0.182. The number of rotatable bonds is 6. The molecule has 4 nitrogen and oxygen atoms in total. The number of hydrogen-bond acceptors (Lipinski definition) is 2. The van der Waals surface area contributed by atoms with Crippen LogP contribution in [-0.4, -0.2) is 44.1 Å². The number of likely N-dealkylation sites (tertiary alicyclic amines) is 1. The third kappa shape index (κ3) is 7.83. The molecule has 2 N–H and O–H groups in total. The summed E-state index contributed by atoms with van der Waals surface area (Å²) in [5.74, 6) is 1.75. The van der Waals surface area contributed by atoms with Crippen molar-refractivity contribution in [3.05, 3.63) is 35.4 Å². The summed E-state index contributed by atoms with van der Waals surface area (Å²) < 4.78 is 0. The molecule has 1 heterocycles. The van der Waals surface area contributed by atoms with Gasteiger partial charge in [-0.2, -0.15) is 0 Å². The van der Waals surface area contributed by atoms with Gasteiger partial charge in [0.2, 0.25) is 0 Å². The fourth-order valence-electron chi connectivity index (χ4n) is 3.23. The molecule has 136 valence electrons. The first-order valence-electron chi connectivity index (χ1n) is 8.90. The molecule has 24 heavy (non-hydrogen) atoms. The highest BCUT2D eigenvalue weighted by molar-refractivity contribution is 14.0. The van der Waals surface area contributed by atoms with E-state index in [2.05, 4.69) is 58.6 Å². The van der Waals surface area contributed by atoms with Crippen LogP contribution in [0, 0.1) is 12.8 Å². The maximum absolute atomic E-state index is 4.30. The van der Waals surface area contributed by atoms with E-state index in [4.69, 9.17) is 0 Å². The van der Waals surface area contributed by atoms with Crippen LogP contribution in [0.5, 0.6) is 0 Å². The van der Waals surface area contributed by atoms with Gasteiger partial charge >= 0.3 is 0 Å². The van der Waals surface area contributed by atoms with Crippen LogP contribution >= 0.6 is 24.0 Å². The molecule has 0 amide bonds. The van der Waals surface area contributed by atoms with Gasteiger partial charge in [-0.05, 0) is 50.8 Å². The minimum Gasteiger partial charge on any atom is -0.356 e. The van der Waals surface area contributed by atoms with Crippen molar-refractivity contribution in [3.63, 3.8) is 0 Å². The van der Waals surface area contributed by atoms with Gasteiger partial charge in [-0.1, -0.05) is 36.8 Å². The number of piperidine rings is 1. The highest BCUT2D eigenvalue weighted by Crippen LogP contribution is 2.15. The molecule has 0 spiro atoms. The summed E-state index contributed by atoms with van der Waals surface area (Å²) in [6.07, 6.45) is 3.91. The van der Waals surface area contributed by atoms with Crippen molar-refractivity contribution in [2.75, 3.05) is 33.2 Å². The van der Waals surface area contributed by atoms with Crippen molar-refractivity contribution >= 4 is 29.9 Å². The number of halogens is 1. The van der Waals surface area contributed by atoms with E-state index in [1.807, 2.05) is 7.05 Å². The Kier molecular flexibility index (Phi) is 10.3. The molecule has 1 unspecified atom stereocenters. The van der Waals surface area contributed by atoms with E-state index in [0.717, 1.165) is 31.4 Å². The fourth-order valence-corrected chi connectivity index (χ4v) is 3.23. The molecule has 1 aromatic carbocycles. The second kappa shape index (κ2) is 11.7. The SMILES string of the molecule is CN=C(NCCCN1CCCC(C)C1)NCc1cccc(C)c1.I. The van der Waals surface area contributed by atoms with Crippen molar-refractivity contribution in [1.29, 1.82) is 0 Å². The second-order valence-electron chi connectivity index (χ2n) is 6.74. The topological polar surface area (TPSA) is 39.7 Å². The van der Waals surface area contributed by atoms with Crippen molar-refractivity contribution < 1.29 is 0 Å². The Labute approximate surface area is 164 Å². The number of aliphatic imine (C=N–C) groups is 1. The summed E-state index contributed by atoms with van der Waals surface area (Å²) >= 11 is 0. The highest BCUT2D eigenvalue weighted by atomic mass is 127. The molecule has 1 saturated heterocycles. The van der Waals surface area contributed by atoms with E-state index < -0.39 is 0 Å². The lowest BCUT2D eigenvalue weighted by Crippen LogP contribution is -2.39. The summed E-state index contributed by atoms with van der Waals surface area (Å²) in [4.78, 5) is 6.90. The number of benzene rings is 1. The van der Waals surface area contributed by atoms with Gasteiger partial charge in [0.05, 0.1) is 0 Å². The largest absolute Gasteiger partial charge is 0.356 e. The van der Waals surface area contributed by atoms with Crippen molar-refractivity contribution in [1.82, 2.24) is 15.5 Å². The average Bonchev–Trinajstić information content (AvgIpc) is 2.54. The Morgan fingerprint density at radius 1 is 1.33 bits per heavy atom. The quantitative estimate of drug-likeness (QED) is 0.306. The standard InChI is InChI=1S/C19H32N4.HI/c1-16-7-4-9-18(13-16)14-22-19(20-3)21-10-6-12-23-11-5-8-17(2)15-23;/h4,7,9,13,17H,5-6,8,10-12,14-15H2,1-3H3,(H2,20,21,22);1H. The smallest absolute Gasteiger partial charge is 0.191 e. The van der Waals surface area contributed by atoms with Crippen LogP contribution in [0.3, 0.4) is 0 Å². The van der Waals surface area contributed by atoms with Crippen LogP contribution in [0.4, 0.5) is 0 Å². The third-order valence-electron chi connectivity index (χ3n) is 4.45. The van der Waals surface area contributed by atoms with Gasteiger partial charge in [0, 0.05) is 26.7 Å². The average molecular weight is 444 g/mol. The van der Waals surface area contributed by atoms with Gasteiger partial charge in [0.1, 0.15) is 0 Å². The molecule has 1 fully saturated rings. The Hall–Kier alpha value is -0.820. The van der Waals surface area contributed by atoms with Gasteiger partial charge in [-0.25, -0.2) is 0 Å². The molecule has 2 rings (SSSR count). The van der Waals surface area contributed by atoms with Crippen molar-refractivity contribution in [2.24, 2.45) is 10.9 Å². The van der Waals surface area contributed by atoms with E-state index in [1.54, 1.807) is 0 Å². The molecule has 1 atom stereocenters. The lowest BCUT2D eigenvalue weighted by Gasteiger charge is -2.30. The van der Waals surface area contributed by atoms with E-state index in [0.29, 0.717) is 0 Å². The Morgan fingerprint density at radius 2 is 2.17 bits per heavy atom. The molecular formula is C19H33IN4. The molecule has 5 heteroatoms. The Balaban J connectivity index is 0.00000288. The van der Waals surface area contributed by atoms with E-state index in [9.17, 15) is 0 Å². The summed E-state index contributed by atoms with van der Waals surface area (Å²) in [6.45, 7) is 9.99. The van der Waals surface area contributed by atoms with Crippen LogP contribution in [0.15, 0.2) is 29.3 Å². The lowest BCUT2D eigenvalue weighted by atomic mass is 10.0. The first-order valence-corrected chi connectivity index (χ1v) is 8.90. The van der Waals surface area contributed by atoms with E-state index in [-0.39, 0.29) is 24.0 Å². The molecule has 0 aromatic heterocycles. The molecule has 1 aliphatic rings. The second-order valence-corrected chi connectivity index (χ2v) is 6.74. The van der Waals surface area contributed by atoms with Crippen LogP contribution in [0.1, 0.15) is 37.3 Å². The maximum atomic E-state index is 4.30. The number of nitrogens with one attached hydrogen (secondary N) is 2. The van der Waals surface area contributed by atoms with Gasteiger partial charge in [0.15, 0.2) is 5.96 Å². The van der Waals surface area contributed by atoms with Gasteiger partial charge < -0.3 is 15.5 Å². The number of hydrogen-bond donors (Lipinski definition) is 2. The number of nitrogens with zero attached hydrogens (tertiary/aromatic N) is 2. The predicted molar refractivity (Wildman–Crippen MR) is 114 cm³/mol. The van der Waals surface area contributed by atoms with E-state index in [1.165, 1.54) is 43.6 Å². The molecule has 0 radical (unpaired) electrons. The van der Waals surface area contributed by atoms with Crippen molar-refractivity contribution in [3.8, 4) is 0 Å². The van der Waals surface area contributed by atoms with Crippen LogP contribution in [-0.2, 0) is 6.54 Å². The summed E-state index contributed by atoms with van der Waals surface area (Å²) in [7, 11) is 1.83. The predicted octanol–water partition coefficient (Wildman–Crippen LogP) is 3.40. The maximum Gasteiger partial charge on any atom is 0.191 e. The number of aryl methyl sites for hydroxylation is 1. The molecule has 0 aliphatic carbocycles. The van der Waals surface area contributed by atoms with E-state index >= 15 is 0 Å². The van der Waals surface area contributed by atoms with Gasteiger partial charge in [-0.3, -0.25) is 4.99 Å². The zero-order valence-corrected chi connectivity index (χ0v) is 17.7. The third-order valence-corrected chi connectivity index (χ3v) is 4.45. The minimum atomic E-state index is 0. The Bertz CT molecular complexity index is 504. The summed E-state index contributed by atoms with van der Waals surface area (Å²) in [5, 5.41) is 6.80. The van der Waals surface area contributed by atoms with Crippen LogP contribution < -0.4 is 10.6 Å². The van der Waals surface area contributed by atoms with Crippen LogP contribution in [0.2, 0.25) is 0 Å². The first-order chi connectivity index (χ1) is 11.2. The molecule has 1 aliphatic heterocycles. The molecular weight excluding hydrogens is 411 g/mol. The number of guanidine groups is 1. The summed E-state index contributed by atoms with van der Waals surface area (Å²) in [5.41, 5.74) is 2.58. The zero-order valence-electron chi connectivity index (χ0n) is 15.3. The summed E-state index contributed by atoms with van der Waals surface area (Å²) in [6, 6.07) is 8.57. The van der Waals surface area contributed by atoms with Gasteiger partial charge in [0.25, 0.3) is 0 Å². The molecule has 0 saturated carbocycles. The minimum absolute atomic E-state index is 0. The Morgan fingerprint density at radius 3 is 2.88 bits per heavy atom. The molecule has 1 aromatic rings.